The molecule has 0 aliphatic heterocycles. The van der Waals surface area contributed by atoms with Crippen molar-refractivity contribution in [3.63, 3.8) is 0 Å². The minimum Gasteiger partial charge on any atom is -0.316 e. The molecule has 0 aliphatic rings. The summed E-state index contributed by atoms with van der Waals surface area (Å²) in [6.45, 7) is 3.82. The number of amides is 2. The van der Waals surface area contributed by atoms with Gasteiger partial charge in [-0.15, -0.1) is 0 Å². The summed E-state index contributed by atoms with van der Waals surface area (Å²) in [5.41, 5.74) is 5.43. The van der Waals surface area contributed by atoms with E-state index in [2.05, 4.69) is 15.8 Å². The average molecular weight is 413 g/mol. The van der Waals surface area contributed by atoms with Crippen molar-refractivity contribution in [1.29, 1.82) is 0 Å². The molecule has 2 N–H and O–H groups in total. The van der Waals surface area contributed by atoms with Crippen LogP contribution in [0.25, 0.3) is 5.69 Å². The highest BCUT2D eigenvalue weighted by Gasteiger charge is 2.15. The number of benzene rings is 2. The monoisotopic (exact) mass is 412 g/mol. The molecule has 148 valence electrons. The number of hydrogen-bond acceptors (Lipinski definition) is 3. The molecule has 0 atom stereocenters. The topological polar surface area (TPSA) is 75.5 Å². The summed E-state index contributed by atoms with van der Waals surface area (Å²) in [6.07, 6.45) is 1.43. The number of hydrogen-bond donors (Lipinski definition) is 2. The molecule has 29 heavy (non-hydrogen) atoms. The van der Waals surface area contributed by atoms with E-state index in [1.165, 1.54) is 24.4 Å². The lowest BCUT2D eigenvalue weighted by molar-refractivity contribution is -0.136. The fourth-order valence-corrected chi connectivity index (χ4v) is 3.10. The van der Waals surface area contributed by atoms with E-state index in [1.54, 1.807) is 12.1 Å². The van der Waals surface area contributed by atoms with Crippen LogP contribution in [0.4, 0.5) is 10.1 Å². The third kappa shape index (κ3) is 4.52. The number of aromatic nitrogens is 1. The molecule has 1 heterocycles. The van der Waals surface area contributed by atoms with Crippen molar-refractivity contribution in [1.82, 2.24) is 9.99 Å². The second kappa shape index (κ2) is 8.70. The first-order valence-corrected chi connectivity index (χ1v) is 9.09. The molecule has 8 heteroatoms. The van der Waals surface area contributed by atoms with Gasteiger partial charge in [-0.3, -0.25) is 9.59 Å². The van der Waals surface area contributed by atoms with E-state index in [9.17, 15) is 14.0 Å². The molecule has 3 rings (SSSR count). The number of hydrazone groups is 1. The first-order chi connectivity index (χ1) is 13.9. The van der Waals surface area contributed by atoms with Gasteiger partial charge in [-0.2, -0.15) is 5.10 Å². The van der Waals surface area contributed by atoms with Crippen molar-refractivity contribution in [2.75, 3.05) is 5.32 Å². The summed E-state index contributed by atoms with van der Waals surface area (Å²) in [5, 5.41) is 6.63. The third-order valence-electron chi connectivity index (χ3n) is 4.26. The van der Waals surface area contributed by atoms with Gasteiger partial charge in [-0.05, 0) is 44.2 Å². The Morgan fingerprint density at radius 3 is 2.48 bits per heavy atom. The summed E-state index contributed by atoms with van der Waals surface area (Å²) in [5.74, 6) is -2.66. The number of halogens is 2. The van der Waals surface area contributed by atoms with Crippen LogP contribution >= 0.6 is 11.6 Å². The SMILES string of the molecule is Cc1cc(/C=N\NC(=O)C(=O)Nc2ccccc2F)c(C)n1-c1ccccc1Cl. The summed E-state index contributed by atoms with van der Waals surface area (Å²) in [7, 11) is 0. The first-order valence-electron chi connectivity index (χ1n) is 8.71. The Morgan fingerprint density at radius 1 is 1.07 bits per heavy atom. The zero-order valence-electron chi connectivity index (χ0n) is 15.7. The van der Waals surface area contributed by atoms with Crippen molar-refractivity contribution in [2.45, 2.75) is 13.8 Å². The Kier molecular flexibility index (Phi) is 6.09. The molecule has 3 aromatic rings. The Balaban J connectivity index is 1.70. The maximum absolute atomic E-state index is 13.6. The highest BCUT2D eigenvalue weighted by atomic mass is 35.5. The van der Waals surface area contributed by atoms with Crippen LogP contribution in [0.3, 0.4) is 0 Å². The number of nitrogens with one attached hydrogen (secondary N) is 2. The molecule has 0 spiro atoms. The zero-order chi connectivity index (χ0) is 21.0. The van der Waals surface area contributed by atoms with Gasteiger partial charge in [-0.1, -0.05) is 35.9 Å². The van der Waals surface area contributed by atoms with Gasteiger partial charge in [0.15, 0.2) is 0 Å². The van der Waals surface area contributed by atoms with Gasteiger partial charge in [0.1, 0.15) is 5.82 Å². The second-order valence-electron chi connectivity index (χ2n) is 6.25. The smallest absolute Gasteiger partial charge is 0.316 e. The maximum Gasteiger partial charge on any atom is 0.329 e. The molecule has 0 saturated carbocycles. The first kappa shape index (κ1) is 20.3. The Morgan fingerprint density at radius 2 is 1.76 bits per heavy atom. The molecule has 0 bridgehead atoms. The van der Waals surface area contributed by atoms with Crippen LogP contribution in [0.2, 0.25) is 5.02 Å². The van der Waals surface area contributed by atoms with E-state index in [-0.39, 0.29) is 5.69 Å². The van der Waals surface area contributed by atoms with Gasteiger partial charge in [0.05, 0.1) is 22.6 Å². The minimum absolute atomic E-state index is 0.0834. The highest BCUT2D eigenvalue weighted by molar-refractivity contribution is 6.39. The number of para-hydroxylation sites is 2. The molecule has 0 aliphatic carbocycles. The lowest BCUT2D eigenvalue weighted by Crippen LogP contribution is -2.32. The van der Waals surface area contributed by atoms with Crippen molar-refractivity contribution in [2.24, 2.45) is 5.10 Å². The highest BCUT2D eigenvalue weighted by Crippen LogP contribution is 2.25. The van der Waals surface area contributed by atoms with E-state index in [0.29, 0.717) is 5.02 Å². The number of aryl methyl sites for hydroxylation is 1. The summed E-state index contributed by atoms with van der Waals surface area (Å²) < 4.78 is 15.5. The van der Waals surface area contributed by atoms with Crippen molar-refractivity contribution in [3.05, 3.63) is 82.4 Å². The minimum atomic E-state index is -1.02. The van der Waals surface area contributed by atoms with Gasteiger partial charge in [0.2, 0.25) is 0 Å². The van der Waals surface area contributed by atoms with E-state index in [1.807, 2.05) is 42.7 Å². The predicted molar refractivity (Wildman–Crippen MR) is 111 cm³/mol. The van der Waals surface area contributed by atoms with Crippen molar-refractivity contribution in [3.8, 4) is 5.69 Å². The quantitative estimate of drug-likeness (QED) is 0.386. The number of carbonyl (C=O) groups excluding carboxylic acids is 2. The molecule has 2 aromatic carbocycles. The lowest BCUT2D eigenvalue weighted by Gasteiger charge is -2.11. The van der Waals surface area contributed by atoms with E-state index in [4.69, 9.17) is 11.6 Å². The molecule has 1 aromatic heterocycles. The molecule has 0 unspecified atom stereocenters. The molecular weight excluding hydrogens is 395 g/mol. The summed E-state index contributed by atoms with van der Waals surface area (Å²) >= 11 is 6.29. The lowest BCUT2D eigenvalue weighted by atomic mass is 10.2. The van der Waals surface area contributed by atoms with Gasteiger partial charge in [0.25, 0.3) is 0 Å². The van der Waals surface area contributed by atoms with Gasteiger partial charge >= 0.3 is 11.8 Å². The Bertz CT molecular complexity index is 1110. The van der Waals surface area contributed by atoms with Crippen LogP contribution in [-0.4, -0.2) is 22.6 Å². The number of rotatable bonds is 4. The van der Waals surface area contributed by atoms with Gasteiger partial charge < -0.3 is 9.88 Å². The average Bonchev–Trinajstić information content (AvgIpc) is 2.97. The van der Waals surface area contributed by atoms with Crippen molar-refractivity contribution >= 4 is 35.3 Å². The fourth-order valence-electron chi connectivity index (χ4n) is 2.87. The standard InChI is InChI=1S/C21H18ClFN4O2/c1-13-11-15(14(2)27(13)19-10-6-3-7-16(19)22)12-24-26-21(29)20(28)25-18-9-5-4-8-17(18)23/h3-12H,1-2H3,(H,25,28)(H,26,29)/b24-12-. The summed E-state index contributed by atoms with van der Waals surface area (Å²) in [4.78, 5) is 23.8. The maximum atomic E-state index is 13.6. The normalized spacial score (nSPS) is 10.9. The largest absolute Gasteiger partial charge is 0.329 e. The zero-order valence-corrected chi connectivity index (χ0v) is 16.5. The second-order valence-corrected chi connectivity index (χ2v) is 6.65. The van der Waals surface area contributed by atoms with E-state index < -0.39 is 17.6 Å². The van der Waals surface area contributed by atoms with Gasteiger partial charge in [-0.25, -0.2) is 9.82 Å². The van der Waals surface area contributed by atoms with Gasteiger partial charge in [0, 0.05) is 17.0 Å². The molecule has 2 amide bonds. The fraction of sp³-hybridized carbons (Fsp3) is 0.0952. The van der Waals surface area contributed by atoms with Crippen LogP contribution in [-0.2, 0) is 9.59 Å². The van der Waals surface area contributed by atoms with Crippen molar-refractivity contribution < 1.29 is 14.0 Å². The molecular formula is C21H18ClFN4O2. The summed E-state index contributed by atoms with van der Waals surface area (Å²) in [6, 6.07) is 14.9. The Hall–Kier alpha value is -3.45. The van der Waals surface area contributed by atoms with Crippen LogP contribution in [0.5, 0.6) is 0 Å². The van der Waals surface area contributed by atoms with Crippen LogP contribution in [0.15, 0.2) is 59.7 Å². The number of anilines is 1. The van der Waals surface area contributed by atoms with Crippen LogP contribution in [0.1, 0.15) is 17.0 Å². The molecule has 0 fully saturated rings. The number of nitrogens with zero attached hydrogens (tertiary/aromatic N) is 2. The van der Waals surface area contributed by atoms with E-state index in [0.717, 1.165) is 22.6 Å². The third-order valence-corrected chi connectivity index (χ3v) is 4.58. The number of carbonyl (C=O) groups is 2. The predicted octanol–water partition coefficient (Wildman–Crippen LogP) is 3.98. The van der Waals surface area contributed by atoms with E-state index >= 15 is 0 Å². The molecule has 0 saturated heterocycles. The molecule has 6 nitrogen and oxygen atoms in total. The van der Waals surface area contributed by atoms with Crippen LogP contribution < -0.4 is 10.7 Å². The Labute approximate surface area is 172 Å². The van der Waals surface area contributed by atoms with Crippen LogP contribution in [0, 0.1) is 19.7 Å². The molecule has 0 radical (unpaired) electrons.